The summed E-state index contributed by atoms with van der Waals surface area (Å²) in [6.45, 7) is 20.8. The third kappa shape index (κ3) is 3.86. The first-order valence-electron chi connectivity index (χ1n) is 7.17. The van der Waals surface area contributed by atoms with Crippen LogP contribution in [-0.4, -0.2) is 0 Å². The summed E-state index contributed by atoms with van der Waals surface area (Å²) in [5, 5.41) is 0. The zero-order valence-corrected chi connectivity index (χ0v) is 13.1. The van der Waals surface area contributed by atoms with E-state index in [9.17, 15) is 0 Å². The van der Waals surface area contributed by atoms with Crippen LogP contribution in [0.5, 0.6) is 0 Å². The van der Waals surface area contributed by atoms with Crippen LogP contribution < -0.4 is 0 Å². The van der Waals surface area contributed by atoms with Gasteiger partial charge < -0.3 is 0 Å². The van der Waals surface area contributed by atoms with Crippen molar-refractivity contribution in [1.82, 2.24) is 0 Å². The summed E-state index contributed by atoms with van der Waals surface area (Å²) in [6, 6.07) is 0. The number of rotatable bonds is 1. The second kappa shape index (κ2) is 4.78. The SMILES string of the molecule is C=C(C)C1CC(C(C)(C)C)CC(C(C)(C)C)C1. The van der Waals surface area contributed by atoms with Gasteiger partial charge in [-0.05, 0) is 54.8 Å². The van der Waals surface area contributed by atoms with Crippen LogP contribution in [0.3, 0.4) is 0 Å². The molecule has 2 unspecified atom stereocenters. The highest BCUT2D eigenvalue weighted by Gasteiger charge is 2.39. The molecule has 1 aliphatic carbocycles. The third-order valence-corrected chi connectivity index (χ3v) is 4.85. The summed E-state index contributed by atoms with van der Waals surface area (Å²) in [5.74, 6) is 2.45. The second-order valence-corrected chi connectivity index (χ2v) is 8.38. The molecule has 0 bridgehead atoms. The van der Waals surface area contributed by atoms with E-state index >= 15 is 0 Å². The maximum Gasteiger partial charge on any atom is -0.0203 e. The monoisotopic (exact) mass is 236 g/mol. The highest BCUT2D eigenvalue weighted by molar-refractivity contribution is 5.02. The Hall–Kier alpha value is -0.260. The van der Waals surface area contributed by atoms with Crippen LogP contribution in [0, 0.1) is 28.6 Å². The Balaban J connectivity index is 2.88. The lowest BCUT2D eigenvalue weighted by Crippen LogP contribution is -2.36. The molecule has 17 heavy (non-hydrogen) atoms. The summed E-state index contributed by atoms with van der Waals surface area (Å²) in [5.41, 5.74) is 2.28. The standard InChI is InChI=1S/C17H32/c1-12(2)13-9-14(16(3,4)5)11-15(10-13)17(6,7)8/h13-15H,1,9-11H2,2-8H3. The van der Waals surface area contributed by atoms with E-state index in [1.165, 1.54) is 24.8 Å². The van der Waals surface area contributed by atoms with E-state index in [-0.39, 0.29) is 0 Å². The van der Waals surface area contributed by atoms with Crippen LogP contribution in [0.1, 0.15) is 67.7 Å². The molecule has 0 N–H and O–H groups in total. The lowest BCUT2D eigenvalue weighted by Gasteiger charge is -2.46. The summed E-state index contributed by atoms with van der Waals surface area (Å²) in [7, 11) is 0. The molecule has 0 saturated heterocycles. The molecule has 0 heteroatoms. The summed E-state index contributed by atoms with van der Waals surface area (Å²) in [4.78, 5) is 0. The molecule has 1 saturated carbocycles. The molecule has 2 atom stereocenters. The van der Waals surface area contributed by atoms with Crippen LogP contribution in [0.15, 0.2) is 12.2 Å². The average Bonchev–Trinajstić information content (AvgIpc) is 2.14. The molecule has 1 rings (SSSR count). The molecule has 0 nitrogen and oxygen atoms in total. The molecule has 0 heterocycles. The van der Waals surface area contributed by atoms with E-state index < -0.39 is 0 Å². The van der Waals surface area contributed by atoms with Crippen LogP contribution in [0.4, 0.5) is 0 Å². The Morgan fingerprint density at radius 3 is 1.41 bits per heavy atom. The molecule has 0 aliphatic heterocycles. The van der Waals surface area contributed by atoms with Crippen molar-refractivity contribution in [1.29, 1.82) is 0 Å². The van der Waals surface area contributed by atoms with Crippen molar-refractivity contribution in [2.75, 3.05) is 0 Å². The van der Waals surface area contributed by atoms with E-state index in [0.717, 1.165) is 17.8 Å². The predicted molar refractivity (Wildman–Crippen MR) is 78.0 cm³/mol. The molecule has 0 aromatic heterocycles. The predicted octanol–water partition coefficient (Wildman–Crippen LogP) is 5.69. The summed E-state index contributed by atoms with van der Waals surface area (Å²) in [6.07, 6.45) is 4.10. The van der Waals surface area contributed by atoms with Crippen LogP contribution >= 0.6 is 0 Å². The van der Waals surface area contributed by atoms with Crippen molar-refractivity contribution in [3.63, 3.8) is 0 Å². The minimum absolute atomic E-state index is 0.442. The maximum atomic E-state index is 4.21. The van der Waals surface area contributed by atoms with Crippen molar-refractivity contribution in [2.24, 2.45) is 28.6 Å². The fraction of sp³-hybridized carbons (Fsp3) is 0.882. The van der Waals surface area contributed by atoms with E-state index in [1.54, 1.807) is 0 Å². The largest absolute Gasteiger partial charge is 0.0999 e. The highest BCUT2D eigenvalue weighted by atomic mass is 14.4. The van der Waals surface area contributed by atoms with Gasteiger partial charge in [0.05, 0.1) is 0 Å². The normalized spacial score (nSPS) is 31.4. The van der Waals surface area contributed by atoms with Gasteiger partial charge in [-0.3, -0.25) is 0 Å². The van der Waals surface area contributed by atoms with E-state index in [4.69, 9.17) is 0 Å². The Labute approximate surface area is 109 Å². The highest BCUT2D eigenvalue weighted by Crippen LogP contribution is 2.49. The quantitative estimate of drug-likeness (QED) is 0.513. The molecule has 1 aliphatic rings. The van der Waals surface area contributed by atoms with Crippen molar-refractivity contribution >= 4 is 0 Å². The fourth-order valence-electron chi connectivity index (χ4n) is 3.14. The molecular formula is C17H32. The molecular weight excluding hydrogens is 204 g/mol. The van der Waals surface area contributed by atoms with Gasteiger partial charge in [0, 0.05) is 0 Å². The molecule has 0 radical (unpaired) electrons. The number of allylic oxidation sites excluding steroid dienone is 1. The van der Waals surface area contributed by atoms with Gasteiger partial charge in [0.2, 0.25) is 0 Å². The third-order valence-electron chi connectivity index (χ3n) is 4.85. The molecule has 0 aromatic rings. The van der Waals surface area contributed by atoms with Crippen molar-refractivity contribution in [2.45, 2.75) is 67.7 Å². The van der Waals surface area contributed by atoms with Gasteiger partial charge in [0.15, 0.2) is 0 Å². The topological polar surface area (TPSA) is 0 Å². The van der Waals surface area contributed by atoms with Gasteiger partial charge in [0.25, 0.3) is 0 Å². The van der Waals surface area contributed by atoms with Crippen molar-refractivity contribution in [3.8, 4) is 0 Å². The van der Waals surface area contributed by atoms with Crippen molar-refractivity contribution < 1.29 is 0 Å². The zero-order chi connectivity index (χ0) is 13.4. The molecule has 0 aromatic carbocycles. The fourth-order valence-corrected chi connectivity index (χ4v) is 3.14. The molecule has 0 spiro atoms. The molecule has 0 amide bonds. The zero-order valence-electron chi connectivity index (χ0n) is 13.1. The van der Waals surface area contributed by atoms with Crippen molar-refractivity contribution in [3.05, 3.63) is 12.2 Å². The van der Waals surface area contributed by atoms with Gasteiger partial charge in [-0.25, -0.2) is 0 Å². The number of hydrogen-bond donors (Lipinski definition) is 0. The minimum atomic E-state index is 0.442. The Morgan fingerprint density at radius 2 is 1.18 bits per heavy atom. The Morgan fingerprint density at radius 1 is 0.824 bits per heavy atom. The smallest absolute Gasteiger partial charge is 0.0203 e. The second-order valence-electron chi connectivity index (χ2n) is 8.38. The van der Waals surface area contributed by atoms with Crippen LogP contribution in [0.2, 0.25) is 0 Å². The van der Waals surface area contributed by atoms with E-state index in [1.807, 2.05) is 0 Å². The lowest BCUT2D eigenvalue weighted by atomic mass is 9.59. The van der Waals surface area contributed by atoms with E-state index in [2.05, 4.69) is 55.0 Å². The first-order valence-corrected chi connectivity index (χ1v) is 7.17. The summed E-state index contributed by atoms with van der Waals surface area (Å²) < 4.78 is 0. The first-order chi connectivity index (χ1) is 7.51. The molecule has 1 fully saturated rings. The average molecular weight is 236 g/mol. The number of hydrogen-bond acceptors (Lipinski definition) is 0. The Bertz CT molecular complexity index is 249. The van der Waals surface area contributed by atoms with Crippen LogP contribution in [-0.2, 0) is 0 Å². The summed E-state index contributed by atoms with van der Waals surface area (Å²) >= 11 is 0. The van der Waals surface area contributed by atoms with Gasteiger partial charge in [-0.15, -0.1) is 0 Å². The van der Waals surface area contributed by atoms with E-state index in [0.29, 0.717) is 10.8 Å². The minimum Gasteiger partial charge on any atom is -0.0999 e. The van der Waals surface area contributed by atoms with Gasteiger partial charge in [-0.2, -0.15) is 0 Å². The van der Waals surface area contributed by atoms with Gasteiger partial charge >= 0.3 is 0 Å². The van der Waals surface area contributed by atoms with Gasteiger partial charge in [0.1, 0.15) is 0 Å². The first kappa shape index (κ1) is 14.8. The molecule has 100 valence electrons. The Kier molecular flexibility index (Phi) is 4.16. The van der Waals surface area contributed by atoms with Gasteiger partial charge in [-0.1, -0.05) is 53.7 Å². The van der Waals surface area contributed by atoms with Crippen LogP contribution in [0.25, 0.3) is 0 Å². The maximum absolute atomic E-state index is 4.21. The lowest BCUT2D eigenvalue weighted by molar-refractivity contribution is 0.0598.